The van der Waals surface area contributed by atoms with Crippen molar-refractivity contribution in [3.8, 4) is 0 Å². The van der Waals surface area contributed by atoms with Crippen molar-refractivity contribution < 1.29 is 9.47 Å². The van der Waals surface area contributed by atoms with Gasteiger partial charge in [0.2, 0.25) is 0 Å². The first kappa shape index (κ1) is 10.4. The van der Waals surface area contributed by atoms with Gasteiger partial charge in [-0.3, -0.25) is 4.90 Å². The molecule has 0 aromatic carbocycles. The number of morpholine rings is 1. The fourth-order valence-electron chi connectivity index (χ4n) is 2.43. The summed E-state index contributed by atoms with van der Waals surface area (Å²) in [7, 11) is 0. The van der Waals surface area contributed by atoms with Crippen LogP contribution in [0.25, 0.3) is 0 Å². The highest BCUT2D eigenvalue weighted by Crippen LogP contribution is 2.26. The molecule has 0 spiro atoms. The second-order valence-corrected chi connectivity index (χ2v) is 4.58. The van der Waals surface area contributed by atoms with E-state index in [-0.39, 0.29) is 0 Å². The molecule has 2 fully saturated rings. The Labute approximate surface area is 86.4 Å². The average Bonchev–Trinajstić information content (AvgIpc) is 2.58. The summed E-state index contributed by atoms with van der Waals surface area (Å²) in [5.74, 6) is 0. The summed E-state index contributed by atoms with van der Waals surface area (Å²) in [6, 6.07) is 1.32. The van der Waals surface area contributed by atoms with Crippen LogP contribution in [0, 0.1) is 0 Å². The van der Waals surface area contributed by atoms with Crippen LogP contribution in [0.3, 0.4) is 0 Å². The van der Waals surface area contributed by atoms with Crippen molar-refractivity contribution >= 4 is 0 Å². The molecule has 0 N–H and O–H groups in total. The number of fused-ring (bicyclic) bond motifs is 1. The maximum absolute atomic E-state index is 5.69. The van der Waals surface area contributed by atoms with Gasteiger partial charge in [0, 0.05) is 18.6 Å². The van der Waals surface area contributed by atoms with Gasteiger partial charge in [-0.05, 0) is 26.7 Å². The largest absolute Gasteiger partial charge is 0.378 e. The lowest BCUT2D eigenvalue weighted by molar-refractivity contribution is -0.0288. The van der Waals surface area contributed by atoms with Crippen molar-refractivity contribution in [1.29, 1.82) is 0 Å². The highest BCUT2D eigenvalue weighted by molar-refractivity contribution is 4.89. The van der Waals surface area contributed by atoms with Crippen LogP contribution in [0.15, 0.2) is 0 Å². The van der Waals surface area contributed by atoms with E-state index in [9.17, 15) is 0 Å². The van der Waals surface area contributed by atoms with Gasteiger partial charge in [0.1, 0.15) is 0 Å². The summed E-state index contributed by atoms with van der Waals surface area (Å²) >= 11 is 0. The highest BCUT2D eigenvalue weighted by Gasteiger charge is 2.35. The Balaban J connectivity index is 1.81. The molecule has 2 rings (SSSR count). The minimum Gasteiger partial charge on any atom is -0.378 e. The zero-order valence-corrected chi connectivity index (χ0v) is 9.24. The minimum atomic E-state index is 0.357. The van der Waals surface area contributed by atoms with E-state index >= 15 is 0 Å². The van der Waals surface area contributed by atoms with Crippen molar-refractivity contribution in [2.24, 2.45) is 0 Å². The lowest BCUT2D eigenvalue weighted by Gasteiger charge is -2.33. The van der Waals surface area contributed by atoms with E-state index in [1.54, 1.807) is 0 Å². The van der Waals surface area contributed by atoms with E-state index in [1.165, 1.54) is 12.8 Å². The van der Waals surface area contributed by atoms with Crippen LogP contribution in [-0.2, 0) is 9.47 Å². The zero-order valence-electron chi connectivity index (χ0n) is 9.24. The van der Waals surface area contributed by atoms with Crippen LogP contribution in [0.4, 0.5) is 0 Å². The van der Waals surface area contributed by atoms with E-state index in [0.717, 1.165) is 26.4 Å². The highest BCUT2D eigenvalue weighted by atomic mass is 16.5. The molecule has 82 valence electrons. The Morgan fingerprint density at radius 3 is 3.07 bits per heavy atom. The normalized spacial score (nSPS) is 33.6. The third-order valence-electron chi connectivity index (χ3n) is 3.20. The Kier molecular flexibility index (Phi) is 3.42. The van der Waals surface area contributed by atoms with Gasteiger partial charge in [0.05, 0.1) is 25.9 Å². The number of rotatable bonds is 3. The summed E-state index contributed by atoms with van der Waals surface area (Å²) in [6.45, 7) is 8.02. The minimum absolute atomic E-state index is 0.357. The molecule has 0 unspecified atom stereocenters. The van der Waals surface area contributed by atoms with Gasteiger partial charge in [-0.1, -0.05) is 0 Å². The number of ether oxygens (including phenoxy) is 2. The molecule has 14 heavy (non-hydrogen) atoms. The van der Waals surface area contributed by atoms with Crippen LogP contribution in [0.1, 0.15) is 26.7 Å². The van der Waals surface area contributed by atoms with Crippen molar-refractivity contribution in [3.05, 3.63) is 0 Å². The first-order valence-corrected chi connectivity index (χ1v) is 5.72. The maximum atomic E-state index is 5.69. The fourth-order valence-corrected chi connectivity index (χ4v) is 2.43. The SMILES string of the molecule is CC(C)OC[C@@H]1CC[C@H]2COCCN21. The molecule has 0 radical (unpaired) electrons. The second-order valence-electron chi connectivity index (χ2n) is 4.58. The third kappa shape index (κ3) is 2.27. The number of hydrogen-bond donors (Lipinski definition) is 0. The summed E-state index contributed by atoms with van der Waals surface area (Å²) in [5.41, 5.74) is 0. The molecule has 2 aliphatic heterocycles. The molecule has 2 heterocycles. The Morgan fingerprint density at radius 2 is 2.29 bits per heavy atom. The smallest absolute Gasteiger partial charge is 0.0625 e. The maximum Gasteiger partial charge on any atom is 0.0625 e. The fraction of sp³-hybridized carbons (Fsp3) is 1.00. The summed E-state index contributed by atoms with van der Waals surface area (Å²) < 4.78 is 11.2. The van der Waals surface area contributed by atoms with E-state index in [2.05, 4.69) is 18.7 Å². The molecule has 2 saturated heterocycles. The zero-order chi connectivity index (χ0) is 9.97. The molecule has 0 bridgehead atoms. The molecular formula is C11H21NO2. The molecule has 0 amide bonds. The monoisotopic (exact) mass is 199 g/mol. The number of nitrogens with zero attached hydrogens (tertiary/aromatic N) is 1. The Hall–Kier alpha value is -0.120. The quantitative estimate of drug-likeness (QED) is 0.683. The molecule has 0 aromatic rings. The van der Waals surface area contributed by atoms with Gasteiger partial charge < -0.3 is 9.47 Å². The summed E-state index contributed by atoms with van der Waals surface area (Å²) in [5, 5.41) is 0. The topological polar surface area (TPSA) is 21.7 Å². The first-order chi connectivity index (χ1) is 6.77. The van der Waals surface area contributed by atoms with Gasteiger partial charge in [0.15, 0.2) is 0 Å². The molecule has 2 atom stereocenters. The van der Waals surface area contributed by atoms with E-state index in [4.69, 9.17) is 9.47 Å². The van der Waals surface area contributed by atoms with Gasteiger partial charge in [-0.25, -0.2) is 0 Å². The third-order valence-corrected chi connectivity index (χ3v) is 3.20. The van der Waals surface area contributed by atoms with Crippen molar-refractivity contribution in [3.63, 3.8) is 0 Å². The van der Waals surface area contributed by atoms with Gasteiger partial charge in [-0.15, -0.1) is 0 Å². The lowest BCUT2D eigenvalue weighted by Crippen LogP contribution is -2.46. The average molecular weight is 199 g/mol. The molecule has 3 nitrogen and oxygen atoms in total. The van der Waals surface area contributed by atoms with Crippen molar-refractivity contribution in [1.82, 2.24) is 4.90 Å². The molecule has 3 heteroatoms. The van der Waals surface area contributed by atoms with Crippen LogP contribution in [0.2, 0.25) is 0 Å². The van der Waals surface area contributed by atoms with Crippen LogP contribution in [0.5, 0.6) is 0 Å². The lowest BCUT2D eigenvalue weighted by atomic mass is 10.2. The van der Waals surface area contributed by atoms with E-state index in [0.29, 0.717) is 18.2 Å². The first-order valence-electron chi connectivity index (χ1n) is 5.72. The standard InChI is InChI=1S/C11H21NO2/c1-9(2)14-8-11-4-3-10-7-13-6-5-12(10)11/h9-11H,3-8H2,1-2H3/t10-,11-/m0/s1. The van der Waals surface area contributed by atoms with Crippen LogP contribution < -0.4 is 0 Å². The molecule has 0 aliphatic carbocycles. The number of hydrogen-bond acceptors (Lipinski definition) is 3. The van der Waals surface area contributed by atoms with Crippen molar-refractivity contribution in [2.75, 3.05) is 26.4 Å². The Morgan fingerprint density at radius 1 is 1.43 bits per heavy atom. The Bertz CT molecular complexity index is 184. The van der Waals surface area contributed by atoms with Gasteiger partial charge in [-0.2, -0.15) is 0 Å². The molecular weight excluding hydrogens is 178 g/mol. The van der Waals surface area contributed by atoms with Crippen molar-refractivity contribution in [2.45, 2.75) is 44.9 Å². The van der Waals surface area contributed by atoms with Crippen LogP contribution in [-0.4, -0.2) is 49.5 Å². The predicted octanol–water partition coefficient (Wildman–Crippen LogP) is 1.27. The van der Waals surface area contributed by atoms with Gasteiger partial charge >= 0.3 is 0 Å². The van der Waals surface area contributed by atoms with Crippen LogP contribution >= 0.6 is 0 Å². The molecule has 2 aliphatic rings. The molecule has 0 aromatic heterocycles. The van der Waals surface area contributed by atoms with E-state index < -0.39 is 0 Å². The van der Waals surface area contributed by atoms with Gasteiger partial charge in [0.25, 0.3) is 0 Å². The summed E-state index contributed by atoms with van der Waals surface area (Å²) in [6.07, 6.45) is 2.92. The predicted molar refractivity (Wildman–Crippen MR) is 55.4 cm³/mol. The van der Waals surface area contributed by atoms with E-state index in [1.807, 2.05) is 0 Å². The summed E-state index contributed by atoms with van der Waals surface area (Å²) in [4.78, 5) is 2.58. The second kappa shape index (κ2) is 4.60. The molecule has 0 saturated carbocycles.